The summed E-state index contributed by atoms with van der Waals surface area (Å²) in [4.78, 5) is 17.1. The molecule has 0 atom stereocenters. The summed E-state index contributed by atoms with van der Waals surface area (Å²) in [7, 11) is 0. The number of aliphatic imine (C=N–C) groups is 1. The summed E-state index contributed by atoms with van der Waals surface area (Å²) in [5, 5.41) is 17.0. The molecule has 0 saturated heterocycles. The Kier molecular flexibility index (Phi) is 7.02. The van der Waals surface area contributed by atoms with Gasteiger partial charge in [-0.2, -0.15) is 15.1 Å². The van der Waals surface area contributed by atoms with Crippen molar-refractivity contribution in [2.45, 2.75) is 53.0 Å². The third kappa shape index (κ3) is 4.98. The van der Waals surface area contributed by atoms with Crippen LogP contribution >= 0.6 is 11.8 Å². The number of hydrogen-bond acceptors (Lipinski definition) is 5. The number of thioether (sulfide) groups is 1. The summed E-state index contributed by atoms with van der Waals surface area (Å²) < 4.78 is 8.38. The van der Waals surface area contributed by atoms with E-state index in [1.807, 2.05) is 24.4 Å². The monoisotopic (exact) mass is 513 g/mol. The molecule has 2 aliphatic heterocycles. The number of aromatic nitrogens is 1. The topological polar surface area (TPSA) is 83.0 Å². The number of nitrogens with one attached hydrogen (secondary N) is 1. The Labute approximate surface area is 221 Å². The number of amides is 1. The Bertz CT molecular complexity index is 1480. The summed E-state index contributed by atoms with van der Waals surface area (Å²) in [6.07, 6.45) is 5.53. The minimum Gasteiger partial charge on any atom is -0.491 e. The highest BCUT2D eigenvalue weighted by atomic mass is 32.2. The SMILES string of the molecule is CCCC1=NN2C(=N)C(=Cc3cn(CCOc4cc(C)ccc4C(C)C)c4ccccc34)C(=O)N=C2S1. The van der Waals surface area contributed by atoms with Crippen molar-refractivity contribution in [3.8, 4) is 5.75 Å². The molecule has 37 heavy (non-hydrogen) atoms. The summed E-state index contributed by atoms with van der Waals surface area (Å²) in [6, 6.07) is 14.4. The van der Waals surface area contributed by atoms with Crippen LogP contribution in [0.5, 0.6) is 5.75 Å². The van der Waals surface area contributed by atoms with Gasteiger partial charge in [-0.1, -0.05) is 51.1 Å². The molecule has 0 aliphatic carbocycles. The second-order valence-electron chi connectivity index (χ2n) is 9.60. The van der Waals surface area contributed by atoms with E-state index in [0.717, 1.165) is 40.1 Å². The van der Waals surface area contributed by atoms with Gasteiger partial charge in [-0.3, -0.25) is 10.2 Å². The van der Waals surface area contributed by atoms with Crippen LogP contribution in [0, 0.1) is 12.3 Å². The smallest absolute Gasteiger partial charge is 0.283 e. The van der Waals surface area contributed by atoms with Crippen LogP contribution in [-0.4, -0.2) is 38.1 Å². The molecule has 0 spiro atoms. The Morgan fingerprint density at radius 3 is 2.78 bits per heavy atom. The van der Waals surface area contributed by atoms with Gasteiger partial charge in [0.1, 0.15) is 17.4 Å². The molecule has 2 aromatic carbocycles. The molecular weight excluding hydrogens is 482 g/mol. The Balaban J connectivity index is 1.41. The quantitative estimate of drug-likeness (QED) is 0.345. The number of hydrogen-bond donors (Lipinski definition) is 1. The second-order valence-corrected chi connectivity index (χ2v) is 10.6. The summed E-state index contributed by atoms with van der Waals surface area (Å²) in [5.41, 5.74) is 4.53. The minimum absolute atomic E-state index is 0.0643. The third-order valence-corrected chi connectivity index (χ3v) is 7.43. The van der Waals surface area contributed by atoms with Crippen LogP contribution in [0.3, 0.4) is 0 Å². The number of hydrazone groups is 1. The molecule has 8 heteroatoms. The van der Waals surface area contributed by atoms with E-state index in [1.165, 1.54) is 27.9 Å². The van der Waals surface area contributed by atoms with E-state index in [2.05, 4.69) is 66.6 Å². The van der Waals surface area contributed by atoms with Crippen LogP contribution in [0.1, 0.15) is 56.2 Å². The molecule has 7 nitrogen and oxygen atoms in total. The molecule has 0 radical (unpaired) electrons. The lowest BCUT2D eigenvalue weighted by molar-refractivity contribution is -0.114. The van der Waals surface area contributed by atoms with Gasteiger partial charge in [0.25, 0.3) is 5.91 Å². The van der Waals surface area contributed by atoms with E-state index in [1.54, 1.807) is 6.08 Å². The summed E-state index contributed by atoms with van der Waals surface area (Å²) in [6.45, 7) is 9.66. The lowest BCUT2D eigenvalue weighted by Gasteiger charge is -2.20. The number of para-hydroxylation sites is 1. The Morgan fingerprint density at radius 2 is 2.00 bits per heavy atom. The number of aryl methyl sites for hydroxylation is 1. The van der Waals surface area contributed by atoms with Crippen LogP contribution in [0.15, 0.2) is 64.3 Å². The number of carbonyl (C=O) groups excluding carboxylic acids is 1. The van der Waals surface area contributed by atoms with Gasteiger partial charge in [-0.25, -0.2) is 0 Å². The van der Waals surface area contributed by atoms with Crippen LogP contribution in [0.4, 0.5) is 0 Å². The lowest BCUT2D eigenvalue weighted by Crippen LogP contribution is -2.35. The largest absolute Gasteiger partial charge is 0.491 e. The van der Waals surface area contributed by atoms with Crippen LogP contribution in [0.2, 0.25) is 0 Å². The first-order chi connectivity index (χ1) is 17.9. The maximum Gasteiger partial charge on any atom is 0.283 e. The Hall–Kier alpha value is -3.65. The maximum absolute atomic E-state index is 12.9. The molecule has 0 bridgehead atoms. The highest BCUT2D eigenvalue weighted by molar-refractivity contribution is 8.26. The normalized spacial score (nSPS) is 16.6. The fourth-order valence-electron chi connectivity index (χ4n) is 4.57. The van der Waals surface area contributed by atoms with Crippen molar-refractivity contribution in [3.05, 3.63) is 70.9 Å². The van der Waals surface area contributed by atoms with Gasteiger partial charge in [0.05, 0.1) is 12.1 Å². The summed E-state index contributed by atoms with van der Waals surface area (Å²) in [5.74, 6) is 0.964. The lowest BCUT2D eigenvalue weighted by atomic mass is 10.0. The van der Waals surface area contributed by atoms with Gasteiger partial charge in [-0.05, 0) is 66.8 Å². The van der Waals surface area contributed by atoms with Crippen LogP contribution in [-0.2, 0) is 11.3 Å². The number of carbonyl (C=O) groups is 1. The first-order valence-electron chi connectivity index (χ1n) is 12.7. The average Bonchev–Trinajstić information content (AvgIpc) is 3.43. The van der Waals surface area contributed by atoms with E-state index in [0.29, 0.717) is 24.2 Å². The zero-order chi connectivity index (χ0) is 26.1. The van der Waals surface area contributed by atoms with E-state index in [-0.39, 0.29) is 11.4 Å². The van der Waals surface area contributed by atoms with Crippen molar-refractivity contribution in [1.82, 2.24) is 9.58 Å². The number of amidine groups is 2. The van der Waals surface area contributed by atoms with Crippen LogP contribution < -0.4 is 4.74 Å². The Morgan fingerprint density at radius 1 is 1.19 bits per heavy atom. The molecule has 0 fully saturated rings. The minimum atomic E-state index is -0.405. The molecular formula is C29H31N5O2S. The van der Waals surface area contributed by atoms with Gasteiger partial charge in [-0.15, -0.1) is 0 Å². The van der Waals surface area contributed by atoms with E-state index < -0.39 is 5.91 Å². The van der Waals surface area contributed by atoms with Gasteiger partial charge in [0.2, 0.25) is 5.17 Å². The average molecular weight is 514 g/mol. The first kappa shape index (κ1) is 25.0. The predicted molar refractivity (Wildman–Crippen MR) is 153 cm³/mol. The first-order valence-corrected chi connectivity index (χ1v) is 13.5. The molecule has 5 rings (SSSR count). The molecule has 0 saturated carbocycles. The highest BCUT2D eigenvalue weighted by Crippen LogP contribution is 2.32. The van der Waals surface area contributed by atoms with Crippen molar-refractivity contribution < 1.29 is 9.53 Å². The molecule has 3 heterocycles. The van der Waals surface area contributed by atoms with Crippen LogP contribution in [0.25, 0.3) is 17.0 Å². The van der Waals surface area contributed by atoms with Gasteiger partial charge in [0, 0.05) is 22.7 Å². The number of fused-ring (bicyclic) bond motifs is 2. The zero-order valence-electron chi connectivity index (χ0n) is 21.6. The molecule has 1 aromatic heterocycles. The molecule has 0 unspecified atom stereocenters. The van der Waals surface area contributed by atoms with Crippen molar-refractivity contribution in [3.63, 3.8) is 0 Å². The highest BCUT2D eigenvalue weighted by Gasteiger charge is 2.35. The number of benzene rings is 2. The van der Waals surface area contributed by atoms with Crippen molar-refractivity contribution in [2.24, 2.45) is 10.1 Å². The molecule has 2 aliphatic rings. The number of rotatable bonds is 8. The van der Waals surface area contributed by atoms with Crippen molar-refractivity contribution in [2.75, 3.05) is 6.61 Å². The van der Waals surface area contributed by atoms with Crippen molar-refractivity contribution >= 4 is 50.7 Å². The van der Waals surface area contributed by atoms with Crippen molar-refractivity contribution in [1.29, 1.82) is 5.41 Å². The molecule has 1 N–H and O–H groups in total. The van der Waals surface area contributed by atoms with E-state index in [9.17, 15) is 4.79 Å². The number of nitrogens with zero attached hydrogens (tertiary/aromatic N) is 4. The van der Waals surface area contributed by atoms with E-state index >= 15 is 0 Å². The summed E-state index contributed by atoms with van der Waals surface area (Å²) >= 11 is 1.37. The molecule has 190 valence electrons. The molecule has 1 amide bonds. The fourth-order valence-corrected chi connectivity index (χ4v) is 5.56. The zero-order valence-corrected chi connectivity index (χ0v) is 22.4. The second kappa shape index (κ2) is 10.4. The predicted octanol–water partition coefficient (Wildman–Crippen LogP) is 6.57. The number of ether oxygens (including phenoxy) is 1. The third-order valence-electron chi connectivity index (χ3n) is 6.46. The maximum atomic E-state index is 12.9. The van der Waals surface area contributed by atoms with Gasteiger partial charge in [0.15, 0.2) is 5.84 Å². The van der Waals surface area contributed by atoms with Gasteiger partial charge < -0.3 is 9.30 Å². The fraction of sp³-hybridized carbons (Fsp3) is 0.310. The van der Waals surface area contributed by atoms with E-state index in [4.69, 9.17) is 10.1 Å². The standard InChI is InChI=1S/C29H31N5O2S/c1-5-8-26-32-34-27(30)23(28(35)31-29(34)37-26)16-20-17-33(24-10-7-6-9-22(20)24)13-14-36-25-15-19(4)11-12-21(25)18(2)3/h6-7,9-12,15-18,30H,5,8,13-14H2,1-4H3. The molecule has 3 aromatic rings. The van der Waals surface area contributed by atoms with Gasteiger partial charge >= 0.3 is 0 Å².